The fourth-order valence-corrected chi connectivity index (χ4v) is 2.42. The maximum atomic E-state index is 12.5. The molecule has 1 aromatic rings. The van der Waals surface area contributed by atoms with Crippen molar-refractivity contribution in [2.24, 2.45) is 0 Å². The maximum Gasteiger partial charge on any atom is 0.199 e. The first-order valence-electron chi connectivity index (χ1n) is 4.49. The molecule has 0 spiro atoms. The molecule has 0 aliphatic rings. The number of thioether (sulfide) groups is 1. The lowest BCUT2D eigenvalue weighted by Gasteiger charge is -1.87. The highest BCUT2D eigenvalue weighted by Gasteiger charge is 2.01. The van der Waals surface area contributed by atoms with Gasteiger partial charge >= 0.3 is 0 Å². The van der Waals surface area contributed by atoms with Crippen LogP contribution in [0.1, 0.15) is 11.9 Å². The highest BCUT2D eigenvalue weighted by atomic mass is 32.2. The molecule has 0 bridgehead atoms. The Morgan fingerprint density at radius 3 is 3.00 bits per heavy atom. The topological polar surface area (TPSA) is 15.9 Å². The number of thiazole rings is 1. The third kappa shape index (κ3) is 4.57. The molecule has 0 atom stereocenters. The minimum Gasteiger partial charge on any atom is -0.248 e. The van der Waals surface area contributed by atoms with Crippen molar-refractivity contribution in [1.82, 2.24) is 4.98 Å². The summed E-state index contributed by atoms with van der Waals surface area (Å²) in [6.07, 6.45) is 8.00. The lowest BCUT2D eigenvalue weighted by atomic mass is 10.5. The Labute approximate surface area is 97.6 Å². The second-order valence-corrected chi connectivity index (χ2v) is 5.27. The standard InChI is InChI=1S/C10H14FN2S2/c1-8(11)7-13(2)5-4-9-12-6-10(14-3)15-9/h5-7H,4H2,1-3H3/q+1. The predicted molar refractivity (Wildman–Crippen MR) is 64.7 cm³/mol. The van der Waals surface area contributed by atoms with E-state index in [0.29, 0.717) is 0 Å². The second kappa shape index (κ2) is 6.02. The van der Waals surface area contributed by atoms with Crippen molar-refractivity contribution in [3.05, 3.63) is 23.2 Å². The molecule has 5 heteroatoms. The van der Waals surface area contributed by atoms with Gasteiger partial charge in [0.1, 0.15) is 12.1 Å². The molecule has 15 heavy (non-hydrogen) atoms. The lowest BCUT2D eigenvalue weighted by Crippen LogP contribution is -2.00. The molecule has 0 radical (unpaired) electrons. The van der Waals surface area contributed by atoms with E-state index in [0.717, 1.165) is 11.4 Å². The molecule has 1 heterocycles. The molecular formula is C10H14FN2S2+. The number of halogens is 1. The van der Waals surface area contributed by atoms with Gasteiger partial charge in [-0.25, -0.2) is 13.9 Å². The van der Waals surface area contributed by atoms with Gasteiger partial charge in [0, 0.05) is 0 Å². The molecule has 0 saturated heterocycles. The monoisotopic (exact) mass is 245 g/mol. The van der Waals surface area contributed by atoms with E-state index in [9.17, 15) is 4.39 Å². The molecule has 1 aromatic heterocycles. The summed E-state index contributed by atoms with van der Waals surface area (Å²) in [5, 5.41) is 1.05. The smallest absolute Gasteiger partial charge is 0.199 e. The molecule has 0 amide bonds. The van der Waals surface area contributed by atoms with E-state index < -0.39 is 0 Å². The molecule has 0 unspecified atom stereocenters. The highest BCUT2D eigenvalue weighted by Crippen LogP contribution is 2.22. The van der Waals surface area contributed by atoms with E-state index in [1.54, 1.807) is 27.7 Å². The van der Waals surface area contributed by atoms with Gasteiger partial charge in [0.25, 0.3) is 0 Å². The summed E-state index contributed by atoms with van der Waals surface area (Å²) in [4.78, 5) is 4.26. The Morgan fingerprint density at radius 2 is 2.47 bits per heavy atom. The normalized spacial score (nSPS) is 13.3. The molecule has 0 aliphatic carbocycles. The Morgan fingerprint density at radius 1 is 1.73 bits per heavy atom. The average Bonchev–Trinajstić information content (AvgIpc) is 2.61. The number of rotatable bonds is 4. The summed E-state index contributed by atoms with van der Waals surface area (Å²) < 4.78 is 15.4. The minimum atomic E-state index is -0.197. The first-order chi connectivity index (χ1) is 7.11. The van der Waals surface area contributed by atoms with Crippen LogP contribution in [0.3, 0.4) is 0 Å². The largest absolute Gasteiger partial charge is 0.248 e. The average molecular weight is 245 g/mol. The molecule has 2 nitrogen and oxygen atoms in total. The number of hydrogen-bond acceptors (Lipinski definition) is 3. The van der Waals surface area contributed by atoms with E-state index in [-0.39, 0.29) is 5.83 Å². The molecule has 0 fully saturated rings. The Bertz CT molecular complexity index is 379. The number of hydrogen-bond donors (Lipinski definition) is 0. The maximum absolute atomic E-state index is 12.5. The molecule has 0 saturated carbocycles. The molecule has 0 N–H and O–H groups in total. The predicted octanol–water partition coefficient (Wildman–Crippen LogP) is 2.95. The Balaban J connectivity index is 2.59. The zero-order chi connectivity index (χ0) is 11.3. The number of nitrogens with zero attached hydrogens (tertiary/aromatic N) is 2. The van der Waals surface area contributed by atoms with Gasteiger partial charge in [0.15, 0.2) is 18.2 Å². The SMILES string of the molecule is CSc1cnc(CC=[N+](C)C=C(C)F)s1. The van der Waals surface area contributed by atoms with Gasteiger partial charge in [-0.1, -0.05) is 0 Å². The molecule has 1 rings (SSSR count). The number of aromatic nitrogens is 1. The summed E-state index contributed by atoms with van der Waals surface area (Å²) in [5.41, 5.74) is 0. The Kier molecular flexibility index (Phi) is 4.98. The molecule has 0 aliphatic heterocycles. The van der Waals surface area contributed by atoms with Gasteiger partial charge in [-0.15, -0.1) is 23.1 Å². The minimum absolute atomic E-state index is 0.197. The first kappa shape index (κ1) is 12.4. The van der Waals surface area contributed by atoms with E-state index in [2.05, 4.69) is 4.98 Å². The summed E-state index contributed by atoms with van der Waals surface area (Å²) in [7, 11) is 1.81. The lowest BCUT2D eigenvalue weighted by molar-refractivity contribution is -0.419. The van der Waals surface area contributed by atoms with Gasteiger partial charge < -0.3 is 0 Å². The van der Waals surface area contributed by atoms with Crippen LogP contribution in [0.25, 0.3) is 0 Å². The summed E-state index contributed by atoms with van der Waals surface area (Å²) >= 11 is 3.36. The van der Waals surface area contributed by atoms with Crippen LogP contribution >= 0.6 is 23.1 Å². The van der Waals surface area contributed by atoms with Crippen molar-refractivity contribution < 1.29 is 8.97 Å². The van der Waals surface area contributed by atoms with Gasteiger partial charge in [0.05, 0.1) is 16.8 Å². The summed E-state index contributed by atoms with van der Waals surface area (Å²) in [5.74, 6) is -0.197. The Hall–Kier alpha value is -0.680. The first-order valence-corrected chi connectivity index (χ1v) is 6.54. The van der Waals surface area contributed by atoms with Crippen molar-refractivity contribution in [2.45, 2.75) is 17.6 Å². The molecule has 82 valence electrons. The van der Waals surface area contributed by atoms with Crippen LogP contribution in [0.2, 0.25) is 0 Å². The van der Waals surface area contributed by atoms with Crippen LogP contribution in [-0.4, -0.2) is 29.1 Å². The van der Waals surface area contributed by atoms with Gasteiger partial charge in [-0.3, -0.25) is 0 Å². The van der Waals surface area contributed by atoms with E-state index in [1.807, 2.05) is 25.7 Å². The summed E-state index contributed by atoms with van der Waals surface area (Å²) in [6.45, 7) is 1.43. The van der Waals surface area contributed by atoms with E-state index in [1.165, 1.54) is 17.3 Å². The second-order valence-electron chi connectivity index (χ2n) is 3.05. The van der Waals surface area contributed by atoms with Crippen molar-refractivity contribution >= 4 is 29.3 Å². The van der Waals surface area contributed by atoms with Gasteiger partial charge in [-0.05, 0) is 13.2 Å². The van der Waals surface area contributed by atoms with Crippen LogP contribution in [0.15, 0.2) is 22.4 Å². The molecule has 0 aromatic carbocycles. The third-order valence-corrected chi connectivity index (χ3v) is 3.74. The van der Waals surface area contributed by atoms with Crippen molar-refractivity contribution in [3.63, 3.8) is 0 Å². The van der Waals surface area contributed by atoms with Crippen LogP contribution in [0.4, 0.5) is 4.39 Å². The van der Waals surface area contributed by atoms with Crippen molar-refractivity contribution in [1.29, 1.82) is 0 Å². The zero-order valence-corrected chi connectivity index (χ0v) is 10.7. The zero-order valence-electron chi connectivity index (χ0n) is 9.03. The van der Waals surface area contributed by atoms with Crippen LogP contribution in [0.5, 0.6) is 0 Å². The number of allylic oxidation sites excluding steroid dienone is 1. The fourth-order valence-electron chi connectivity index (χ4n) is 1.04. The quantitative estimate of drug-likeness (QED) is 0.460. The van der Waals surface area contributed by atoms with Crippen molar-refractivity contribution in [2.75, 3.05) is 13.3 Å². The van der Waals surface area contributed by atoms with Crippen LogP contribution in [0, 0.1) is 0 Å². The van der Waals surface area contributed by atoms with E-state index in [4.69, 9.17) is 0 Å². The van der Waals surface area contributed by atoms with Crippen molar-refractivity contribution in [3.8, 4) is 0 Å². The fraction of sp³-hybridized carbons (Fsp3) is 0.400. The highest BCUT2D eigenvalue weighted by molar-refractivity contribution is 8.00. The van der Waals surface area contributed by atoms with Crippen LogP contribution in [-0.2, 0) is 6.42 Å². The van der Waals surface area contributed by atoms with Gasteiger partial charge in [0.2, 0.25) is 0 Å². The van der Waals surface area contributed by atoms with E-state index >= 15 is 0 Å². The molecular weight excluding hydrogens is 231 g/mol. The summed E-state index contributed by atoms with van der Waals surface area (Å²) in [6, 6.07) is 0. The van der Waals surface area contributed by atoms with Gasteiger partial charge in [-0.2, -0.15) is 0 Å². The van der Waals surface area contributed by atoms with Crippen LogP contribution < -0.4 is 0 Å². The third-order valence-electron chi connectivity index (χ3n) is 1.67.